The molecule has 1 saturated carbocycles. The Balaban J connectivity index is 1.63. The maximum atomic E-state index is 12.3. The van der Waals surface area contributed by atoms with Crippen LogP contribution in [0, 0.1) is 0 Å². The summed E-state index contributed by atoms with van der Waals surface area (Å²) in [5.74, 6) is 0.428. The molecule has 0 spiro atoms. The Bertz CT molecular complexity index is 680. The van der Waals surface area contributed by atoms with Gasteiger partial charge in [0.05, 0.1) is 11.9 Å². The third kappa shape index (κ3) is 4.09. The van der Waals surface area contributed by atoms with Crippen molar-refractivity contribution in [2.24, 2.45) is 0 Å². The fraction of sp³-hybridized carbons (Fsp3) is 0.368. The fourth-order valence-corrected chi connectivity index (χ4v) is 2.33. The SMILES string of the molecule is CC(C)(C)c1ccc(C(=O)Nc2ccc(NC3CC3)cn2)cc1. The lowest BCUT2D eigenvalue weighted by Crippen LogP contribution is -2.15. The number of aromatic nitrogens is 1. The molecule has 1 fully saturated rings. The molecule has 1 aliphatic rings. The molecule has 0 aliphatic heterocycles. The normalized spacial score (nSPS) is 14.4. The van der Waals surface area contributed by atoms with Crippen LogP contribution in [0.3, 0.4) is 0 Å². The third-order valence-electron chi connectivity index (χ3n) is 3.97. The number of nitrogens with one attached hydrogen (secondary N) is 2. The van der Waals surface area contributed by atoms with Crippen LogP contribution in [-0.4, -0.2) is 16.9 Å². The highest BCUT2D eigenvalue weighted by atomic mass is 16.1. The van der Waals surface area contributed by atoms with Crippen LogP contribution in [0.15, 0.2) is 42.6 Å². The van der Waals surface area contributed by atoms with Gasteiger partial charge in [0.2, 0.25) is 0 Å². The minimum atomic E-state index is -0.138. The summed E-state index contributed by atoms with van der Waals surface area (Å²) < 4.78 is 0. The maximum Gasteiger partial charge on any atom is 0.256 e. The summed E-state index contributed by atoms with van der Waals surface area (Å²) in [5.41, 5.74) is 2.93. The van der Waals surface area contributed by atoms with Crippen LogP contribution in [-0.2, 0) is 5.41 Å². The van der Waals surface area contributed by atoms with Gasteiger partial charge in [-0.3, -0.25) is 4.79 Å². The lowest BCUT2D eigenvalue weighted by Gasteiger charge is -2.19. The molecule has 1 aliphatic carbocycles. The first-order valence-electron chi connectivity index (χ1n) is 8.06. The molecule has 0 bridgehead atoms. The van der Waals surface area contributed by atoms with E-state index in [1.165, 1.54) is 18.4 Å². The molecule has 1 heterocycles. The number of benzene rings is 1. The quantitative estimate of drug-likeness (QED) is 0.889. The summed E-state index contributed by atoms with van der Waals surface area (Å²) in [6.45, 7) is 6.47. The van der Waals surface area contributed by atoms with Crippen molar-refractivity contribution < 1.29 is 4.79 Å². The first-order valence-corrected chi connectivity index (χ1v) is 8.06. The molecule has 2 N–H and O–H groups in total. The highest BCUT2D eigenvalue weighted by molar-refractivity contribution is 6.03. The predicted molar refractivity (Wildman–Crippen MR) is 94.0 cm³/mol. The monoisotopic (exact) mass is 309 g/mol. The van der Waals surface area contributed by atoms with Gasteiger partial charge in [-0.1, -0.05) is 32.9 Å². The molecule has 0 atom stereocenters. The van der Waals surface area contributed by atoms with E-state index in [1.807, 2.05) is 36.4 Å². The predicted octanol–water partition coefficient (Wildman–Crippen LogP) is 4.21. The fourth-order valence-electron chi connectivity index (χ4n) is 2.33. The van der Waals surface area contributed by atoms with Gasteiger partial charge >= 0.3 is 0 Å². The van der Waals surface area contributed by atoms with Crippen molar-refractivity contribution in [3.8, 4) is 0 Å². The molecule has 3 rings (SSSR count). The van der Waals surface area contributed by atoms with Gasteiger partial charge in [-0.2, -0.15) is 0 Å². The second kappa shape index (κ2) is 6.03. The van der Waals surface area contributed by atoms with E-state index in [2.05, 4.69) is 36.4 Å². The Labute approximate surface area is 137 Å². The Morgan fingerprint density at radius 1 is 1.09 bits per heavy atom. The van der Waals surface area contributed by atoms with Crippen LogP contribution in [0.4, 0.5) is 11.5 Å². The van der Waals surface area contributed by atoms with Crippen LogP contribution in [0.2, 0.25) is 0 Å². The second-order valence-electron chi connectivity index (χ2n) is 7.13. The number of carbonyl (C=O) groups excluding carboxylic acids is 1. The zero-order chi connectivity index (χ0) is 16.4. The van der Waals surface area contributed by atoms with Gasteiger partial charge in [0.1, 0.15) is 5.82 Å². The number of rotatable bonds is 4. The first kappa shape index (κ1) is 15.5. The lowest BCUT2D eigenvalue weighted by molar-refractivity contribution is 0.102. The molecule has 1 aromatic heterocycles. The zero-order valence-electron chi connectivity index (χ0n) is 13.9. The maximum absolute atomic E-state index is 12.3. The molecule has 4 nitrogen and oxygen atoms in total. The van der Waals surface area contributed by atoms with Crippen molar-refractivity contribution in [3.05, 3.63) is 53.7 Å². The van der Waals surface area contributed by atoms with E-state index in [0.29, 0.717) is 17.4 Å². The van der Waals surface area contributed by atoms with Crippen LogP contribution in [0.5, 0.6) is 0 Å². The van der Waals surface area contributed by atoms with Crippen LogP contribution in [0.1, 0.15) is 49.5 Å². The highest BCUT2D eigenvalue weighted by Crippen LogP contribution is 2.25. The molecule has 23 heavy (non-hydrogen) atoms. The van der Waals surface area contributed by atoms with Crippen molar-refractivity contribution in [2.75, 3.05) is 10.6 Å². The number of carbonyl (C=O) groups is 1. The van der Waals surface area contributed by atoms with Crippen LogP contribution >= 0.6 is 0 Å². The van der Waals surface area contributed by atoms with E-state index in [1.54, 1.807) is 6.20 Å². The number of anilines is 2. The minimum absolute atomic E-state index is 0.0843. The average Bonchev–Trinajstić information content (AvgIpc) is 3.32. The van der Waals surface area contributed by atoms with Gasteiger partial charge < -0.3 is 10.6 Å². The molecular formula is C19H23N3O. The molecule has 1 aromatic carbocycles. The van der Waals surface area contributed by atoms with Crippen molar-refractivity contribution in [2.45, 2.75) is 45.1 Å². The van der Waals surface area contributed by atoms with Crippen molar-refractivity contribution in [1.29, 1.82) is 0 Å². The van der Waals surface area contributed by atoms with Gasteiger partial charge in [0.25, 0.3) is 5.91 Å². The van der Waals surface area contributed by atoms with Gasteiger partial charge in [0, 0.05) is 11.6 Å². The Morgan fingerprint density at radius 3 is 2.30 bits per heavy atom. The second-order valence-corrected chi connectivity index (χ2v) is 7.13. The van der Waals surface area contributed by atoms with Crippen LogP contribution < -0.4 is 10.6 Å². The van der Waals surface area contributed by atoms with Crippen molar-refractivity contribution in [3.63, 3.8) is 0 Å². The van der Waals surface area contributed by atoms with E-state index < -0.39 is 0 Å². The molecule has 0 radical (unpaired) electrons. The summed E-state index contributed by atoms with van der Waals surface area (Å²) in [6, 6.07) is 12.1. The highest BCUT2D eigenvalue weighted by Gasteiger charge is 2.20. The Kier molecular flexibility index (Phi) is 4.07. The average molecular weight is 309 g/mol. The van der Waals surface area contributed by atoms with E-state index in [0.717, 1.165) is 5.69 Å². The lowest BCUT2D eigenvalue weighted by atomic mass is 9.87. The molecule has 120 valence electrons. The summed E-state index contributed by atoms with van der Waals surface area (Å²) in [4.78, 5) is 16.6. The summed E-state index contributed by atoms with van der Waals surface area (Å²) in [5, 5.41) is 6.21. The van der Waals surface area contributed by atoms with E-state index in [4.69, 9.17) is 0 Å². The van der Waals surface area contributed by atoms with E-state index in [-0.39, 0.29) is 11.3 Å². The summed E-state index contributed by atoms with van der Waals surface area (Å²) in [7, 11) is 0. The first-order chi connectivity index (χ1) is 10.9. The summed E-state index contributed by atoms with van der Waals surface area (Å²) >= 11 is 0. The minimum Gasteiger partial charge on any atom is -0.381 e. The van der Waals surface area contributed by atoms with Gasteiger partial charge in [-0.25, -0.2) is 4.98 Å². The summed E-state index contributed by atoms with van der Waals surface area (Å²) in [6.07, 6.45) is 4.21. The molecule has 2 aromatic rings. The van der Waals surface area contributed by atoms with Crippen molar-refractivity contribution >= 4 is 17.4 Å². The number of nitrogens with zero attached hydrogens (tertiary/aromatic N) is 1. The number of hydrogen-bond donors (Lipinski definition) is 2. The van der Waals surface area contributed by atoms with Gasteiger partial charge in [0.15, 0.2) is 0 Å². The Morgan fingerprint density at radius 2 is 1.78 bits per heavy atom. The molecule has 1 amide bonds. The molecule has 0 unspecified atom stereocenters. The Hall–Kier alpha value is -2.36. The van der Waals surface area contributed by atoms with Gasteiger partial charge in [-0.15, -0.1) is 0 Å². The van der Waals surface area contributed by atoms with E-state index >= 15 is 0 Å². The standard InChI is InChI=1S/C19H23N3O/c1-19(2,3)14-6-4-13(5-7-14)18(23)22-17-11-10-16(12-20-17)21-15-8-9-15/h4-7,10-12,15,21H,8-9H2,1-3H3,(H,20,22,23). The number of hydrogen-bond acceptors (Lipinski definition) is 3. The van der Waals surface area contributed by atoms with Crippen molar-refractivity contribution in [1.82, 2.24) is 4.98 Å². The van der Waals surface area contributed by atoms with Gasteiger partial charge in [-0.05, 0) is 48.1 Å². The zero-order valence-corrected chi connectivity index (χ0v) is 13.9. The largest absolute Gasteiger partial charge is 0.381 e. The van der Waals surface area contributed by atoms with Crippen LogP contribution in [0.25, 0.3) is 0 Å². The molecular weight excluding hydrogens is 286 g/mol. The number of pyridine rings is 1. The van der Waals surface area contributed by atoms with E-state index in [9.17, 15) is 4.79 Å². The smallest absolute Gasteiger partial charge is 0.256 e. The topological polar surface area (TPSA) is 54.0 Å². The molecule has 0 saturated heterocycles. The molecule has 4 heteroatoms. The third-order valence-corrected chi connectivity index (χ3v) is 3.97. The number of amides is 1.